The van der Waals surface area contributed by atoms with Crippen molar-refractivity contribution in [2.45, 2.75) is 6.92 Å². The van der Waals surface area contributed by atoms with Crippen LogP contribution in [-0.2, 0) is 0 Å². The molecule has 0 N–H and O–H groups in total. The molecule has 0 bridgehead atoms. The number of furan rings is 1. The summed E-state index contributed by atoms with van der Waals surface area (Å²) in [5.74, 6) is 3.37. The monoisotopic (exact) mass is 780 g/mol. The first-order valence-corrected chi connectivity index (χ1v) is 20.9. The molecular weight excluding hydrogens is 747 g/mol. The van der Waals surface area contributed by atoms with Gasteiger partial charge in [-0.2, -0.15) is 0 Å². The zero-order valence-electron chi connectivity index (χ0n) is 33.0. The zero-order valence-corrected chi connectivity index (χ0v) is 33.0. The number of aromatic nitrogens is 2. The SMILES string of the molecule is Cc1ccc2c(c1)Oc1cc(-c3cccc4c3oc3c(-n5c6ccccc6c6cc(-n7c8ccccc8c8ccccc87)ccc65)cccc34)cc3c1B2c1ccccc1O3. The van der Waals surface area contributed by atoms with Crippen LogP contribution in [-0.4, -0.2) is 15.8 Å². The average molecular weight is 781 g/mol. The Morgan fingerprint density at radius 2 is 1.00 bits per heavy atom. The summed E-state index contributed by atoms with van der Waals surface area (Å²) in [6.45, 7) is 2.13. The van der Waals surface area contributed by atoms with Gasteiger partial charge in [0, 0.05) is 49.0 Å². The predicted octanol–water partition coefficient (Wildman–Crippen LogP) is 12.5. The summed E-state index contributed by atoms with van der Waals surface area (Å²) in [5.41, 5.74) is 14.9. The topological polar surface area (TPSA) is 41.5 Å². The summed E-state index contributed by atoms with van der Waals surface area (Å²) >= 11 is 0. The molecule has 3 aromatic heterocycles. The minimum absolute atomic E-state index is 0.0159. The molecular formula is C55H33BN2O3. The van der Waals surface area contributed by atoms with Crippen LogP contribution in [0.5, 0.6) is 23.0 Å². The number of benzene rings is 9. The zero-order chi connectivity index (χ0) is 39.9. The summed E-state index contributed by atoms with van der Waals surface area (Å²) in [7, 11) is 0. The lowest BCUT2D eigenvalue weighted by Crippen LogP contribution is -2.57. The highest BCUT2D eigenvalue weighted by Crippen LogP contribution is 2.44. The number of nitrogens with zero attached hydrogens (tertiary/aromatic N) is 2. The molecule has 0 saturated carbocycles. The third-order valence-corrected chi connectivity index (χ3v) is 13.1. The molecule has 61 heavy (non-hydrogen) atoms. The normalized spacial score (nSPS) is 12.9. The van der Waals surface area contributed by atoms with E-state index in [0.29, 0.717) is 0 Å². The van der Waals surface area contributed by atoms with Gasteiger partial charge in [-0.15, -0.1) is 0 Å². The number of hydrogen-bond donors (Lipinski definition) is 0. The van der Waals surface area contributed by atoms with Crippen molar-refractivity contribution < 1.29 is 13.9 Å². The second-order valence-electron chi connectivity index (χ2n) is 16.5. The molecule has 2 aliphatic rings. The van der Waals surface area contributed by atoms with Crippen molar-refractivity contribution in [3.8, 4) is 45.5 Å². The van der Waals surface area contributed by atoms with E-state index in [0.717, 1.165) is 100 Å². The van der Waals surface area contributed by atoms with Crippen LogP contribution in [0.3, 0.4) is 0 Å². The van der Waals surface area contributed by atoms with Gasteiger partial charge >= 0.3 is 0 Å². The molecule has 0 aliphatic carbocycles. The molecule has 6 heteroatoms. The van der Waals surface area contributed by atoms with E-state index >= 15 is 0 Å². The van der Waals surface area contributed by atoms with Gasteiger partial charge in [0.05, 0.1) is 27.8 Å². The van der Waals surface area contributed by atoms with Gasteiger partial charge < -0.3 is 23.0 Å². The molecule has 0 atom stereocenters. The fourth-order valence-corrected chi connectivity index (χ4v) is 10.5. The third kappa shape index (κ3) is 4.51. The molecule has 0 amide bonds. The van der Waals surface area contributed by atoms with Crippen LogP contribution in [0.4, 0.5) is 0 Å². The number of rotatable bonds is 3. The van der Waals surface area contributed by atoms with E-state index in [-0.39, 0.29) is 6.71 Å². The van der Waals surface area contributed by atoms with Crippen molar-refractivity contribution in [2.24, 2.45) is 0 Å². The van der Waals surface area contributed by atoms with E-state index in [1.807, 2.05) is 6.07 Å². The van der Waals surface area contributed by atoms with Crippen molar-refractivity contribution in [1.29, 1.82) is 0 Å². The number of para-hydroxylation sites is 6. The Bertz CT molecular complexity index is 3820. The molecule has 9 aromatic carbocycles. The van der Waals surface area contributed by atoms with Crippen molar-refractivity contribution in [3.63, 3.8) is 0 Å². The minimum Gasteiger partial charge on any atom is -0.458 e. The molecule has 12 aromatic rings. The first-order valence-electron chi connectivity index (χ1n) is 20.9. The summed E-state index contributed by atoms with van der Waals surface area (Å²) < 4.78 is 25.4. The standard InChI is InChI=1S/C55H33BN2O3/c1-32-24-26-43-50(28-32)60-52-30-33(29-51-53(52)56(43)42-18-5-9-23-49(42)59-51)35-15-10-16-39-40-17-11-22-48(55(40)61-54(35)39)58-46-21-8-4-14-38(46)41-31-34(25-27-47(41)58)57-44-19-6-2-12-36(44)37-13-3-7-20-45(37)57/h2-31H,1H3. The highest BCUT2D eigenvalue weighted by molar-refractivity contribution is 6.98. The smallest absolute Gasteiger partial charge is 0.260 e. The van der Waals surface area contributed by atoms with Gasteiger partial charge in [-0.05, 0) is 95.7 Å². The lowest BCUT2D eigenvalue weighted by Gasteiger charge is -2.33. The Balaban J connectivity index is 0.963. The van der Waals surface area contributed by atoms with Gasteiger partial charge in [-0.1, -0.05) is 115 Å². The highest BCUT2D eigenvalue weighted by Gasteiger charge is 2.40. The van der Waals surface area contributed by atoms with Gasteiger partial charge in [0.25, 0.3) is 6.71 Å². The van der Waals surface area contributed by atoms with Gasteiger partial charge in [-0.25, -0.2) is 0 Å². The van der Waals surface area contributed by atoms with Gasteiger partial charge in [0.15, 0.2) is 5.58 Å². The van der Waals surface area contributed by atoms with Gasteiger partial charge in [0.1, 0.15) is 28.6 Å². The Hall–Kier alpha value is -7.96. The molecule has 5 heterocycles. The van der Waals surface area contributed by atoms with Crippen molar-refractivity contribution in [2.75, 3.05) is 0 Å². The third-order valence-electron chi connectivity index (χ3n) is 13.1. The number of ether oxygens (including phenoxy) is 2. The van der Waals surface area contributed by atoms with Crippen molar-refractivity contribution in [1.82, 2.24) is 9.13 Å². The Labute approximate surface area is 350 Å². The van der Waals surface area contributed by atoms with E-state index < -0.39 is 0 Å². The molecule has 5 nitrogen and oxygen atoms in total. The summed E-state index contributed by atoms with van der Waals surface area (Å²) in [5, 5.41) is 6.99. The first-order chi connectivity index (χ1) is 30.2. The maximum Gasteiger partial charge on any atom is 0.260 e. The molecule has 0 unspecified atom stereocenters. The van der Waals surface area contributed by atoms with E-state index in [1.165, 1.54) is 32.6 Å². The van der Waals surface area contributed by atoms with Crippen LogP contribution < -0.4 is 25.9 Å². The molecule has 0 fully saturated rings. The lowest BCUT2D eigenvalue weighted by molar-refractivity contribution is 0.464. The Morgan fingerprint density at radius 3 is 1.77 bits per heavy atom. The van der Waals surface area contributed by atoms with E-state index in [1.54, 1.807) is 0 Å². The lowest BCUT2D eigenvalue weighted by atomic mass is 9.35. The van der Waals surface area contributed by atoms with Gasteiger partial charge in [0.2, 0.25) is 0 Å². The Morgan fingerprint density at radius 1 is 0.410 bits per heavy atom. The minimum atomic E-state index is 0.0159. The summed E-state index contributed by atoms with van der Waals surface area (Å²) in [6, 6.07) is 65.1. The largest absolute Gasteiger partial charge is 0.458 e. The second kappa shape index (κ2) is 12.1. The van der Waals surface area contributed by atoms with E-state index in [9.17, 15) is 0 Å². The van der Waals surface area contributed by atoms with E-state index in [2.05, 4.69) is 192 Å². The molecule has 14 rings (SSSR count). The van der Waals surface area contributed by atoms with Crippen LogP contribution in [0.2, 0.25) is 0 Å². The number of hydrogen-bond acceptors (Lipinski definition) is 3. The van der Waals surface area contributed by atoms with Crippen LogP contribution in [0.25, 0.3) is 88.1 Å². The first kappa shape index (κ1) is 32.9. The number of fused-ring (bicyclic) bond motifs is 13. The molecule has 284 valence electrons. The van der Waals surface area contributed by atoms with Gasteiger partial charge in [-0.3, -0.25) is 0 Å². The summed E-state index contributed by atoms with van der Waals surface area (Å²) in [4.78, 5) is 0. The van der Waals surface area contributed by atoms with Crippen LogP contribution in [0, 0.1) is 6.92 Å². The maximum absolute atomic E-state index is 7.14. The average Bonchev–Trinajstić information content (AvgIpc) is 3.96. The molecule has 2 aliphatic heterocycles. The second-order valence-corrected chi connectivity index (χ2v) is 16.5. The molecule has 0 spiro atoms. The van der Waals surface area contributed by atoms with Crippen LogP contribution in [0.1, 0.15) is 5.56 Å². The fraction of sp³-hybridized carbons (Fsp3) is 0.0182. The Kier molecular flexibility index (Phi) is 6.51. The van der Waals surface area contributed by atoms with E-state index in [4.69, 9.17) is 13.9 Å². The number of aryl methyl sites for hydroxylation is 1. The summed E-state index contributed by atoms with van der Waals surface area (Å²) in [6.07, 6.45) is 0. The highest BCUT2D eigenvalue weighted by atomic mass is 16.5. The quantitative estimate of drug-likeness (QED) is 0.168. The maximum atomic E-state index is 7.14. The van der Waals surface area contributed by atoms with Crippen molar-refractivity contribution in [3.05, 3.63) is 188 Å². The fourth-order valence-electron chi connectivity index (χ4n) is 10.5. The van der Waals surface area contributed by atoms with Crippen molar-refractivity contribution >= 4 is 88.7 Å². The molecule has 0 radical (unpaired) electrons. The molecule has 0 saturated heterocycles. The van der Waals surface area contributed by atoms with Crippen LogP contribution >= 0.6 is 0 Å². The predicted molar refractivity (Wildman–Crippen MR) is 250 cm³/mol. The van der Waals surface area contributed by atoms with Crippen LogP contribution in [0.15, 0.2) is 186 Å².